The number of aliphatic hydroxyl groups is 1. The fourth-order valence-electron chi connectivity index (χ4n) is 2.20. The van der Waals surface area contributed by atoms with Crippen LogP contribution in [0.1, 0.15) is 40.0 Å². The lowest BCUT2D eigenvalue weighted by Gasteiger charge is -2.25. The first-order valence-electron chi connectivity index (χ1n) is 5.97. The van der Waals surface area contributed by atoms with Gasteiger partial charge in [0.1, 0.15) is 0 Å². The average molecular weight is 229 g/mol. The summed E-state index contributed by atoms with van der Waals surface area (Å²) in [6.07, 6.45) is 2.10. The molecule has 0 bridgehead atoms. The third-order valence-electron chi connectivity index (χ3n) is 3.60. The number of carbonyl (C=O) groups is 1. The molecule has 0 saturated carbocycles. The van der Waals surface area contributed by atoms with E-state index in [0.29, 0.717) is 19.4 Å². The highest BCUT2D eigenvalue weighted by Crippen LogP contribution is 2.34. The van der Waals surface area contributed by atoms with Crippen molar-refractivity contribution in [2.45, 2.75) is 45.6 Å². The number of aliphatic carboxylic acids is 1. The van der Waals surface area contributed by atoms with Crippen molar-refractivity contribution in [3.05, 3.63) is 0 Å². The number of carboxylic acids is 1. The second-order valence-corrected chi connectivity index (χ2v) is 5.53. The molecule has 0 aromatic heterocycles. The minimum atomic E-state index is -0.680. The van der Waals surface area contributed by atoms with Gasteiger partial charge in [-0.15, -0.1) is 0 Å². The highest BCUT2D eigenvalue weighted by Gasteiger charge is 2.43. The Hall–Kier alpha value is -0.610. The largest absolute Gasteiger partial charge is 0.481 e. The quantitative estimate of drug-likeness (QED) is 0.746. The van der Waals surface area contributed by atoms with Gasteiger partial charge in [-0.3, -0.25) is 4.79 Å². The van der Waals surface area contributed by atoms with E-state index in [2.05, 4.69) is 4.90 Å². The van der Waals surface area contributed by atoms with Crippen LogP contribution in [0.5, 0.6) is 0 Å². The molecule has 94 valence electrons. The predicted molar refractivity (Wildman–Crippen MR) is 62.3 cm³/mol. The average Bonchev–Trinajstić information content (AvgIpc) is 2.58. The molecule has 0 amide bonds. The van der Waals surface area contributed by atoms with Crippen LogP contribution in [0, 0.1) is 5.41 Å². The molecule has 2 N–H and O–H groups in total. The number of carboxylic acid groups (broad SMARTS) is 1. The Morgan fingerprint density at radius 2 is 2.12 bits per heavy atom. The lowest BCUT2D eigenvalue weighted by atomic mass is 9.84. The van der Waals surface area contributed by atoms with Crippen LogP contribution in [0.25, 0.3) is 0 Å². The summed E-state index contributed by atoms with van der Waals surface area (Å²) in [5, 5.41) is 18.9. The number of nitrogens with zero attached hydrogens (tertiary/aromatic N) is 1. The summed E-state index contributed by atoms with van der Waals surface area (Å²) >= 11 is 0. The first kappa shape index (κ1) is 13.5. The molecule has 0 spiro atoms. The lowest BCUT2D eigenvalue weighted by molar-refractivity contribution is -0.148. The van der Waals surface area contributed by atoms with E-state index in [4.69, 9.17) is 0 Å². The Kier molecular flexibility index (Phi) is 3.97. The second-order valence-electron chi connectivity index (χ2n) is 5.53. The normalized spacial score (nSPS) is 27.2. The van der Waals surface area contributed by atoms with Crippen molar-refractivity contribution >= 4 is 5.97 Å². The van der Waals surface area contributed by atoms with Crippen LogP contribution in [0.2, 0.25) is 0 Å². The molecule has 1 saturated heterocycles. The molecule has 0 radical (unpaired) electrons. The number of likely N-dealkylation sites (tertiary alicyclic amines) is 1. The van der Waals surface area contributed by atoms with Gasteiger partial charge in [0.15, 0.2) is 0 Å². The van der Waals surface area contributed by atoms with Gasteiger partial charge in [-0.25, -0.2) is 0 Å². The monoisotopic (exact) mass is 229 g/mol. The molecule has 0 aliphatic carbocycles. The van der Waals surface area contributed by atoms with Crippen LogP contribution >= 0.6 is 0 Å². The Balaban J connectivity index is 2.49. The van der Waals surface area contributed by atoms with E-state index >= 15 is 0 Å². The first-order chi connectivity index (χ1) is 7.29. The minimum absolute atomic E-state index is 0.556. The molecule has 4 nitrogen and oxygen atoms in total. The fraction of sp³-hybridized carbons (Fsp3) is 0.917. The van der Waals surface area contributed by atoms with Crippen LogP contribution in [0.15, 0.2) is 0 Å². The summed E-state index contributed by atoms with van der Waals surface area (Å²) < 4.78 is 0. The van der Waals surface area contributed by atoms with Crippen molar-refractivity contribution in [3.8, 4) is 0 Å². The maximum atomic E-state index is 11.2. The molecule has 1 aliphatic heterocycles. The van der Waals surface area contributed by atoms with E-state index < -0.39 is 17.0 Å². The predicted octanol–water partition coefficient (Wildman–Crippen LogP) is 1.33. The molecule has 1 aliphatic rings. The summed E-state index contributed by atoms with van der Waals surface area (Å²) in [6, 6.07) is 0. The van der Waals surface area contributed by atoms with Gasteiger partial charge in [-0.05, 0) is 39.7 Å². The maximum absolute atomic E-state index is 11.2. The van der Waals surface area contributed by atoms with Crippen molar-refractivity contribution in [2.75, 3.05) is 19.6 Å². The zero-order valence-electron chi connectivity index (χ0n) is 10.5. The fourth-order valence-corrected chi connectivity index (χ4v) is 2.20. The van der Waals surface area contributed by atoms with Gasteiger partial charge in [0.05, 0.1) is 11.0 Å². The molecular formula is C12H23NO3. The standard InChI is InChI=1S/C12H23NO3/c1-4-12(10(14)15)6-8-13(9-12)7-5-11(2,3)16/h16H,4-9H2,1-3H3,(H,14,15). The zero-order chi connectivity index (χ0) is 12.4. The van der Waals surface area contributed by atoms with Crippen LogP contribution in [0.3, 0.4) is 0 Å². The summed E-state index contributed by atoms with van der Waals surface area (Å²) in [5.74, 6) is -0.680. The van der Waals surface area contributed by atoms with Crippen LogP contribution < -0.4 is 0 Å². The topological polar surface area (TPSA) is 60.8 Å². The van der Waals surface area contributed by atoms with Gasteiger partial charge < -0.3 is 15.1 Å². The molecule has 0 aromatic rings. The molecule has 1 rings (SSSR count). The Morgan fingerprint density at radius 1 is 1.50 bits per heavy atom. The van der Waals surface area contributed by atoms with Gasteiger partial charge in [0, 0.05) is 13.1 Å². The smallest absolute Gasteiger partial charge is 0.310 e. The molecule has 1 fully saturated rings. The van der Waals surface area contributed by atoms with Crippen molar-refractivity contribution < 1.29 is 15.0 Å². The third-order valence-corrected chi connectivity index (χ3v) is 3.60. The Morgan fingerprint density at radius 3 is 2.50 bits per heavy atom. The van der Waals surface area contributed by atoms with E-state index in [1.165, 1.54) is 0 Å². The van der Waals surface area contributed by atoms with Gasteiger partial charge >= 0.3 is 5.97 Å². The second kappa shape index (κ2) is 4.72. The number of hydrogen-bond acceptors (Lipinski definition) is 3. The molecule has 4 heteroatoms. The molecule has 1 heterocycles. The summed E-state index contributed by atoms with van der Waals surface area (Å²) in [4.78, 5) is 13.4. The van der Waals surface area contributed by atoms with E-state index in [0.717, 1.165) is 19.5 Å². The summed E-state index contributed by atoms with van der Waals surface area (Å²) in [5.41, 5.74) is -1.22. The Bertz CT molecular complexity index is 259. The molecular weight excluding hydrogens is 206 g/mol. The highest BCUT2D eigenvalue weighted by molar-refractivity contribution is 5.75. The van der Waals surface area contributed by atoms with Crippen molar-refractivity contribution in [1.82, 2.24) is 4.90 Å². The number of hydrogen-bond donors (Lipinski definition) is 2. The SMILES string of the molecule is CCC1(C(=O)O)CCN(CCC(C)(C)O)C1. The summed E-state index contributed by atoms with van der Waals surface area (Å²) in [6.45, 7) is 7.73. The van der Waals surface area contributed by atoms with Crippen LogP contribution in [-0.2, 0) is 4.79 Å². The first-order valence-corrected chi connectivity index (χ1v) is 5.97. The molecule has 1 unspecified atom stereocenters. The van der Waals surface area contributed by atoms with E-state index in [1.807, 2.05) is 6.92 Å². The van der Waals surface area contributed by atoms with E-state index in [9.17, 15) is 15.0 Å². The lowest BCUT2D eigenvalue weighted by Crippen LogP contribution is -2.35. The summed E-state index contributed by atoms with van der Waals surface area (Å²) in [7, 11) is 0. The van der Waals surface area contributed by atoms with Gasteiger partial charge in [-0.2, -0.15) is 0 Å². The van der Waals surface area contributed by atoms with Gasteiger partial charge in [-0.1, -0.05) is 6.92 Å². The zero-order valence-corrected chi connectivity index (χ0v) is 10.5. The van der Waals surface area contributed by atoms with E-state index in [1.54, 1.807) is 13.8 Å². The molecule has 16 heavy (non-hydrogen) atoms. The van der Waals surface area contributed by atoms with Crippen LogP contribution in [0.4, 0.5) is 0 Å². The van der Waals surface area contributed by atoms with Gasteiger partial charge in [0.2, 0.25) is 0 Å². The highest BCUT2D eigenvalue weighted by atomic mass is 16.4. The van der Waals surface area contributed by atoms with E-state index in [-0.39, 0.29) is 0 Å². The maximum Gasteiger partial charge on any atom is 0.310 e. The van der Waals surface area contributed by atoms with Crippen molar-refractivity contribution in [1.29, 1.82) is 0 Å². The van der Waals surface area contributed by atoms with Crippen LogP contribution in [-0.4, -0.2) is 46.3 Å². The van der Waals surface area contributed by atoms with Crippen molar-refractivity contribution in [3.63, 3.8) is 0 Å². The van der Waals surface area contributed by atoms with Gasteiger partial charge in [0.25, 0.3) is 0 Å². The van der Waals surface area contributed by atoms with Crippen molar-refractivity contribution in [2.24, 2.45) is 5.41 Å². The molecule has 1 atom stereocenters. The Labute approximate surface area is 97.3 Å². The molecule has 0 aromatic carbocycles. The third kappa shape index (κ3) is 3.19. The minimum Gasteiger partial charge on any atom is -0.481 e. The number of rotatable bonds is 5.